The van der Waals surface area contributed by atoms with Gasteiger partial charge in [-0.15, -0.1) is 0 Å². The summed E-state index contributed by atoms with van der Waals surface area (Å²) in [6.45, 7) is 4.47. The number of hydrogen-bond donors (Lipinski definition) is 3. The van der Waals surface area contributed by atoms with Crippen LogP contribution in [-0.2, 0) is 9.59 Å². The van der Waals surface area contributed by atoms with E-state index >= 15 is 0 Å². The summed E-state index contributed by atoms with van der Waals surface area (Å²) in [6.07, 6.45) is 6.64. The zero-order valence-corrected chi connectivity index (χ0v) is 16.3. The molecule has 148 valence electrons. The first-order chi connectivity index (χ1) is 13.0. The number of rotatable bonds is 8. The largest absolute Gasteiger partial charge is 0.354 e. The first-order valence-electron chi connectivity index (χ1n) is 9.91. The molecule has 0 aliphatic heterocycles. The van der Waals surface area contributed by atoms with E-state index in [4.69, 9.17) is 0 Å². The van der Waals surface area contributed by atoms with Gasteiger partial charge in [0.05, 0.1) is 0 Å². The molecule has 1 saturated carbocycles. The quantitative estimate of drug-likeness (QED) is 0.612. The maximum Gasteiger partial charge on any atom is 0.251 e. The Kier molecular flexibility index (Phi) is 8.30. The smallest absolute Gasteiger partial charge is 0.251 e. The topological polar surface area (TPSA) is 87.3 Å². The minimum atomic E-state index is -0.196. The molecular weight excluding hydrogens is 342 g/mol. The van der Waals surface area contributed by atoms with Crippen molar-refractivity contribution in [3.63, 3.8) is 0 Å². The van der Waals surface area contributed by atoms with Crippen LogP contribution in [0.3, 0.4) is 0 Å². The van der Waals surface area contributed by atoms with Crippen molar-refractivity contribution in [3.05, 3.63) is 29.8 Å². The van der Waals surface area contributed by atoms with E-state index < -0.39 is 0 Å². The molecule has 0 aromatic heterocycles. The fourth-order valence-corrected chi connectivity index (χ4v) is 3.20. The average molecular weight is 373 g/mol. The molecule has 1 aliphatic rings. The Balaban J connectivity index is 1.66. The zero-order valence-electron chi connectivity index (χ0n) is 16.3. The molecule has 0 heterocycles. The maximum absolute atomic E-state index is 12.1. The molecule has 27 heavy (non-hydrogen) atoms. The Morgan fingerprint density at radius 1 is 0.963 bits per heavy atom. The number of carbonyl (C=O) groups excluding carboxylic acids is 3. The van der Waals surface area contributed by atoms with Crippen LogP contribution in [0.4, 0.5) is 5.69 Å². The van der Waals surface area contributed by atoms with Gasteiger partial charge in [0, 0.05) is 36.7 Å². The highest BCUT2D eigenvalue weighted by atomic mass is 16.2. The summed E-state index contributed by atoms with van der Waals surface area (Å²) in [4.78, 5) is 35.7. The molecule has 1 aromatic carbocycles. The highest BCUT2D eigenvalue weighted by molar-refractivity contribution is 5.96. The molecule has 0 atom stereocenters. The summed E-state index contributed by atoms with van der Waals surface area (Å²) >= 11 is 0. The molecule has 6 nitrogen and oxygen atoms in total. The third-order valence-electron chi connectivity index (χ3n) is 4.87. The van der Waals surface area contributed by atoms with Crippen LogP contribution in [0.1, 0.15) is 62.7 Å². The van der Waals surface area contributed by atoms with Gasteiger partial charge in [-0.1, -0.05) is 33.1 Å². The molecule has 6 heteroatoms. The minimum Gasteiger partial charge on any atom is -0.354 e. The third-order valence-corrected chi connectivity index (χ3v) is 4.87. The van der Waals surface area contributed by atoms with Crippen molar-refractivity contribution in [2.75, 3.05) is 18.4 Å². The second-order valence-corrected chi connectivity index (χ2v) is 7.54. The summed E-state index contributed by atoms with van der Waals surface area (Å²) in [5, 5.41) is 8.46. The van der Waals surface area contributed by atoms with Crippen LogP contribution in [0, 0.1) is 11.8 Å². The number of nitrogens with one attached hydrogen (secondary N) is 3. The lowest BCUT2D eigenvalue weighted by atomic mass is 9.87. The molecule has 1 fully saturated rings. The molecule has 0 unspecified atom stereocenters. The Morgan fingerprint density at radius 3 is 2.22 bits per heavy atom. The predicted octanol–water partition coefficient (Wildman–Crippen LogP) is 3.10. The summed E-state index contributed by atoms with van der Waals surface area (Å²) in [5.74, 6) is 0.236. The molecule has 2 rings (SSSR count). The van der Waals surface area contributed by atoms with Crippen molar-refractivity contribution >= 4 is 23.4 Å². The van der Waals surface area contributed by atoms with Gasteiger partial charge in [-0.2, -0.15) is 0 Å². The summed E-state index contributed by atoms with van der Waals surface area (Å²) in [6, 6.07) is 6.77. The predicted molar refractivity (Wildman–Crippen MR) is 106 cm³/mol. The van der Waals surface area contributed by atoms with E-state index in [9.17, 15) is 14.4 Å². The highest BCUT2D eigenvalue weighted by Crippen LogP contribution is 2.25. The van der Waals surface area contributed by atoms with Gasteiger partial charge in [0.25, 0.3) is 5.91 Å². The van der Waals surface area contributed by atoms with Crippen LogP contribution in [0.25, 0.3) is 0 Å². The Morgan fingerprint density at radius 2 is 1.59 bits per heavy atom. The standard InChI is InChI=1S/C21H31N3O3/c1-15(2)20(26)24-18-10-8-17(9-11-18)21(27)23-13-12-22-19(25)14-16-6-4-3-5-7-16/h8-11,15-16H,3-7,12-14H2,1-2H3,(H,22,25)(H,23,27)(H,24,26). The van der Waals surface area contributed by atoms with Gasteiger partial charge in [-0.05, 0) is 43.0 Å². The number of carbonyl (C=O) groups is 3. The lowest BCUT2D eigenvalue weighted by Crippen LogP contribution is -2.35. The van der Waals surface area contributed by atoms with Crippen LogP contribution < -0.4 is 16.0 Å². The molecule has 3 N–H and O–H groups in total. The summed E-state index contributed by atoms with van der Waals surface area (Å²) < 4.78 is 0. The highest BCUT2D eigenvalue weighted by Gasteiger charge is 2.16. The van der Waals surface area contributed by atoms with Crippen molar-refractivity contribution in [3.8, 4) is 0 Å². The van der Waals surface area contributed by atoms with Gasteiger partial charge in [0.2, 0.25) is 11.8 Å². The molecule has 0 saturated heterocycles. The third kappa shape index (κ3) is 7.41. The van der Waals surface area contributed by atoms with Gasteiger partial charge in [0.1, 0.15) is 0 Å². The van der Waals surface area contributed by atoms with E-state index in [0.717, 1.165) is 12.8 Å². The lowest BCUT2D eigenvalue weighted by Gasteiger charge is -2.20. The molecule has 0 spiro atoms. The molecule has 1 aliphatic carbocycles. The second-order valence-electron chi connectivity index (χ2n) is 7.54. The van der Waals surface area contributed by atoms with Crippen LogP contribution in [0.5, 0.6) is 0 Å². The number of amides is 3. The summed E-state index contributed by atoms with van der Waals surface area (Å²) in [7, 11) is 0. The molecule has 1 aromatic rings. The van der Waals surface area contributed by atoms with Gasteiger partial charge in [-0.3, -0.25) is 14.4 Å². The van der Waals surface area contributed by atoms with Crippen molar-refractivity contribution in [2.24, 2.45) is 11.8 Å². The maximum atomic E-state index is 12.1. The van der Waals surface area contributed by atoms with Crippen molar-refractivity contribution in [1.82, 2.24) is 10.6 Å². The minimum absolute atomic E-state index is 0.0591. The number of hydrogen-bond acceptors (Lipinski definition) is 3. The van der Waals surface area contributed by atoms with Gasteiger partial charge in [-0.25, -0.2) is 0 Å². The van der Waals surface area contributed by atoms with E-state index in [-0.39, 0.29) is 23.6 Å². The fourth-order valence-electron chi connectivity index (χ4n) is 3.20. The Bertz CT molecular complexity index is 635. The van der Waals surface area contributed by atoms with Crippen molar-refractivity contribution < 1.29 is 14.4 Å². The Labute approximate surface area is 161 Å². The SMILES string of the molecule is CC(C)C(=O)Nc1ccc(C(=O)NCCNC(=O)CC2CCCCC2)cc1. The average Bonchev–Trinajstić information content (AvgIpc) is 2.66. The van der Waals surface area contributed by atoms with Gasteiger partial charge >= 0.3 is 0 Å². The van der Waals surface area contributed by atoms with E-state index in [1.165, 1.54) is 19.3 Å². The van der Waals surface area contributed by atoms with Crippen LogP contribution in [0.2, 0.25) is 0 Å². The van der Waals surface area contributed by atoms with Crippen LogP contribution >= 0.6 is 0 Å². The van der Waals surface area contributed by atoms with Crippen molar-refractivity contribution in [1.29, 1.82) is 0 Å². The summed E-state index contributed by atoms with van der Waals surface area (Å²) in [5.41, 5.74) is 1.19. The first-order valence-corrected chi connectivity index (χ1v) is 9.91. The van der Waals surface area contributed by atoms with E-state index in [1.54, 1.807) is 24.3 Å². The second kappa shape index (κ2) is 10.7. The fraction of sp³-hybridized carbons (Fsp3) is 0.571. The number of benzene rings is 1. The van der Waals surface area contributed by atoms with Gasteiger partial charge in [0.15, 0.2) is 0 Å². The number of anilines is 1. The van der Waals surface area contributed by atoms with Crippen molar-refractivity contribution in [2.45, 2.75) is 52.4 Å². The van der Waals surface area contributed by atoms with Crippen LogP contribution in [0.15, 0.2) is 24.3 Å². The zero-order chi connectivity index (χ0) is 19.6. The first kappa shape index (κ1) is 20.9. The lowest BCUT2D eigenvalue weighted by molar-refractivity contribution is -0.122. The molecular formula is C21H31N3O3. The van der Waals surface area contributed by atoms with Gasteiger partial charge < -0.3 is 16.0 Å². The molecule has 0 bridgehead atoms. The molecule has 3 amide bonds. The Hall–Kier alpha value is -2.37. The van der Waals surface area contributed by atoms with E-state index in [1.807, 2.05) is 13.8 Å². The monoisotopic (exact) mass is 373 g/mol. The van der Waals surface area contributed by atoms with E-state index in [2.05, 4.69) is 16.0 Å². The van der Waals surface area contributed by atoms with Crippen LogP contribution in [-0.4, -0.2) is 30.8 Å². The normalized spacial score (nSPS) is 14.6. The molecule has 0 radical (unpaired) electrons. The van der Waals surface area contributed by atoms with E-state index in [0.29, 0.717) is 36.7 Å².